The van der Waals surface area contributed by atoms with Crippen molar-refractivity contribution in [2.45, 2.75) is 45.3 Å². The predicted octanol–water partition coefficient (Wildman–Crippen LogP) is 4.67. The van der Waals surface area contributed by atoms with E-state index in [0.29, 0.717) is 26.9 Å². The highest BCUT2D eigenvalue weighted by molar-refractivity contribution is 6.47. The molecule has 9 nitrogen and oxygen atoms in total. The van der Waals surface area contributed by atoms with Crippen LogP contribution in [0.4, 0.5) is 5.95 Å². The number of carbonyl (C=O) groups excluding carboxylic acids is 2. The van der Waals surface area contributed by atoms with Gasteiger partial charge in [0.25, 0.3) is 17.8 Å². The van der Waals surface area contributed by atoms with Crippen LogP contribution in [0.15, 0.2) is 47.5 Å². The Morgan fingerprint density at radius 2 is 1.82 bits per heavy atom. The standard InChI is InChI=1S/C23H23Cl2N7O2/c1-4-5-18(13-6-8-14(9-7-13)20(33)26-22-28-30-31-29-22)32-21(34)19(27-23(32,2)3)15-10-16(24)12-17(25)11-15/h6-12,18H,4-5H2,1-3H3,(H2,26,28,29,30,31,33)/t18-/m1/s1. The largest absolute Gasteiger partial charge is 0.306 e. The molecule has 0 radical (unpaired) electrons. The highest BCUT2D eigenvalue weighted by atomic mass is 35.5. The summed E-state index contributed by atoms with van der Waals surface area (Å²) < 4.78 is 0. The Morgan fingerprint density at radius 1 is 1.15 bits per heavy atom. The molecular formula is C23H23Cl2N7O2. The van der Waals surface area contributed by atoms with Gasteiger partial charge in [-0.3, -0.25) is 19.9 Å². The summed E-state index contributed by atoms with van der Waals surface area (Å²) in [6.45, 7) is 5.87. The maximum absolute atomic E-state index is 13.6. The molecule has 1 atom stereocenters. The fraction of sp³-hybridized carbons (Fsp3) is 0.304. The first-order valence-corrected chi connectivity index (χ1v) is 11.5. The number of aromatic nitrogens is 4. The topological polar surface area (TPSA) is 116 Å². The van der Waals surface area contributed by atoms with Crippen molar-refractivity contribution in [2.24, 2.45) is 4.99 Å². The molecule has 0 spiro atoms. The van der Waals surface area contributed by atoms with E-state index >= 15 is 0 Å². The first kappa shape index (κ1) is 23.8. The predicted molar refractivity (Wildman–Crippen MR) is 130 cm³/mol. The molecule has 11 heteroatoms. The molecule has 176 valence electrons. The number of nitrogens with one attached hydrogen (secondary N) is 2. The number of rotatable bonds is 7. The Morgan fingerprint density at radius 3 is 2.41 bits per heavy atom. The van der Waals surface area contributed by atoms with Crippen LogP contribution < -0.4 is 5.32 Å². The van der Waals surface area contributed by atoms with Gasteiger partial charge in [-0.05, 0) is 61.4 Å². The third-order valence-electron chi connectivity index (χ3n) is 5.53. The van der Waals surface area contributed by atoms with Gasteiger partial charge in [0.1, 0.15) is 11.4 Å². The van der Waals surface area contributed by atoms with E-state index in [4.69, 9.17) is 28.2 Å². The molecule has 34 heavy (non-hydrogen) atoms. The van der Waals surface area contributed by atoms with Crippen molar-refractivity contribution in [3.63, 3.8) is 0 Å². The van der Waals surface area contributed by atoms with E-state index < -0.39 is 5.66 Å². The zero-order valence-corrected chi connectivity index (χ0v) is 20.4. The fourth-order valence-electron chi connectivity index (χ4n) is 4.10. The number of hydrogen-bond donors (Lipinski definition) is 2. The van der Waals surface area contributed by atoms with Crippen LogP contribution in [0, 0.1) is 0 Å². The second-order valence-electron chi connectivity index (χ2n) is 8.40. The number of anilines is 1. The maximum atomic E-state index is 13.6. The SMILES string of the molecule is CCC[C@H](c1ccc(C(=O)Nc2nn[nH]n2)cc1)N1C(=O)C(c2cc(Cl)cc(Cl)c2)=NC1(C)C. The van der Waals surface area contributed by atoms with Crippen LogP contribution in [-0.2, 0) is 4.79 Å². The molecule has 2 aromatic carbocycles. The van der Waals surface area contributed by atoms with Gasteiger partial charge in [0.05, 0.1) is 6.04 Å². The monoisotopic (exact) mass is 499 g/mol. The lowest BCUT2D eigenvalue weighted by molar-refractivity contribution is -0.130. The lowest BCUT2D eigenvalue weighted by Crippen LogP contribution is -2.45. The van der Waals surface area contributed by atoms with E-state index in [9.17, 15) is 9.59 Å². The van der Waals surface area contributed by atoms with E-state index in [2.05, 4.69) is 32.9 Å². The quantitative estimate of drug-likeness (QED) is 0.489. The van der Waals surface area contributed by atoms with E-state index in [-0.39, 0.29) is 23.8 Å². The molecule has 0 saturated carbocycles. The minimum atomic E-state index is -0.782. The van der Waals surface area contributed by atoms with Crippen molar-refractivity contribution in [1.29, 1.82) is 0 Å². The Balaban J connectivity index is 1.61. The van der Waals surface area contributed by atoms with E-state index in [1.165, 1.54) is 0 Å². The number of halogens is 2. The van der Waals surface area contributed by atoms with Crippen LogP contribution in [0.3, 0.4) is 0 Å². The molecule has 2 N–H and O–H groups in total. The van der Waals surface area contributed by atoms with Crippen molar-refractivity contribution in [3.05, 3.63) is 69.2 Å². The van der Waals surface area contributed by atoms with Crippen molar-refractivity contribution in [3.8, 4) is 0 Å². The number of aliphatic imine (C=N–C) groups is 1. The number of hydrogen-bond acceptors (Lipinski definition) is 6. The summed E-state index contributed by atoms with van der Waals surface area (Å²) in [5, 5.41) is 16.6. The molecule has 2 heterocycles. The highest BCUT2D eigenvalue weighted by Gasteiger charge is 2.44. The van der Waals surface area contributed by atoms with Crippen LogP contribution in [0.5, 0.6) is 0 Å². The summed E-state index contributed by atoms with van der Waals surface area (Å²) in [6, 6.07) is 11.9. The summed E-state index contributed by atoms with van der Waals surface area (Å²) in [5.41, 5.74) is 1.46. The number of nitrogens with zero attached hydrogens (tertiary/aromatic N) is 5. The molecular weight excluding hydrogens is 477 g/mol. The van der Waals surface area contributed by atoms with Gasteiger partial charge in [-0.25, -0.2) is 0 Å². The molecule has 3 aromatic rings. The molecule has 0 saturated heterocycles. The molecule has 4 rings (SSSR count). The summed E-state index contributed by atoms with van der Waals surface area (Å²) in [4.78, 5) is 32.6. The fourth-order valence-corrected chi connectivity index (χ4v) is 4.63. The number of carbonyl (C=O) groups is 2. The minimum absolute atomic E-state index is 0.0909. The third kappa shape index (κ3) is 4.80. The van der Waals surface area contributed by atoms with Crippen LogP contribution in [-0.4, -0.2) is 48.7 Å². The molecule has 1 aliphatic heterocycles. The Bertz CT molecular complexity index is 1220. The van der Waals surface area contributed by atoms with Crippen LogP contribution in [0.2, 0.25) is 10.0 Å². The zero-order valence-electron chi connectivity index (χ0n) is 18.8. The van der Waals surface area contributed by atoms with Gasteiger partial charge in [-0.2, -0.15) is 5.21 Å². The number of H-pyrrole nitrogens is 1. The second kappa shape index (κ2) is 9.52. The van der Waals surface area contributed by atoms with Crippen molar-refractivity contribution in [1.82, 2.24) is 25.5 Å². The smallest absolute Gasteiger partial charge is 0.275 e. The van der Waals surface area contributed by atoms with Gasteiger partial charge in [0.2, 0.25) is 0 Å². The molecule has 2 amide bonds. The van der Waals surface area contributed by atoms with Gasteiger partial charge >= 0.3 is 0 Å². The van der Waals surface area contributed by atoms with Gasteiger partial charge in [-0.1, -0.05) is 53.8 Å². The number of tetrazole rings is 1. The molecule has 1 aliphatic rings. The lowest BCUT2D eigenvalue weighted by atomic mass is 9.96. The first-order chi connectivity index (χ1) is 16.2. The Hall–Kier alpha value is -3.30. The van der Waals surface area contributed by atoms with Crippen LogP contribution in [0.25, 0.3) is 0 Å². The van der Waals surface area contributed by atoms with E-state index in [1.54, 1.807) is 35.2 Å². The van der Waals surface area contributed by atoms with Gasteiger partial charge < -0.3 is 4.90 Å². The molecule has 0 bridgehead atoms. The average molecular weight is 500 g/mol. The lowest BCUT2D eigenvalue weighted by Gasteiger charge is -2.37. The van der Waals surface area contributed by atoms with E-state index in [0.717, 1.165) is 18.4 Å². The Labute approximate surface area is 206 Å². The van der Waals surface area contributed by atoms with E-state index in [1.807, 2.05) is 26.0 Å². The summed E-state index contributed by atoms with van der Waals surface area (Å²) in [5.74, 6) is -0.463. The van der Waals surface area contributed by atoms with Gasteiger partial charge in [0.15, 0.2) is 0 Å². The number of benzene rings is 2. The van der Waals surface area contributed by atoms with Crippen molar-refractivity contribution < 1.29 is 9.59 Å². The van der Waals surface area contributed by atoms with Crippen LogP contribution >= 0.6 is 23.2 Å². The number of amides is 2. The maximum Gasteiger partial charge on any atom is 0.275 e. The normalized spacial score (nSPS) is 15.9. The summed E-state index contributed by atoms with van der Waals surface area (Å²) in [6.07, 6.45) is 1.57. The highest BCUT2D eigenvalue weighted by Crippen LogP contribution is 2.38. The summed E-state index contributed by atoms with van der Waals surface area (Å²) >= 11 is 12.3. The first-order valence-electron chi connectivity index (χ1n) is 10.7. The average Bonchev–Trinajstić information content (AvgIpc) is 3.37. The molecule has 0 aliphatic carbocycles. The van der Waals surface area contributed by atoms with Crippen molar-refractivity contribution in [2.75, 3.05) is 5.32 Å². The summed E-state index contributed by atoms with van der Waals surface area (Å²) in [7, 11) is 0. The zero-order chi connectivity index (χ0) is 24.5. The van der Waals surface area contributed by atoms with Gasteiger partial charge in [-0.15, -0.1) is 5.10 Å². The van der Waals surface area contributed by atoms with Crippen molar-refractivity contribution >= 4 is 46.7 Å². The second-order valence-corrected chi connectivity index (χ2v) is 9.28. The third-order valence-corrected chi connectivity index (χ3v) is 5.97. The van der Waals surface area contributed by atoms with Crippen LogP contribution in [0.1, 0.15) is 61.1 Å². The Kier molecular flexibility index (Phi) is 6.67. The van der Waals surface area contributed by atoms with Gasteiger partial charge in [0, 0.05) is 21.2 Å². The minimum Gasteiger partial charge on any atom is -0.306 e. The molecule has 0 unspecified atom stereocenters. The molecule has 0 fully saturated rings. The number of aromatic amines is 1. The molecule has 1 aromatic heterocycles.